The van der Waals surface area contributed by atoms with Crippen molar-refractivity contribution < 1.29 is 22.7 Å². The van der Waals surface area contributed by atoms with E-state index < -0.39 is 15.9 Å². The van der Waals surface area contributed by atoms with Crippen LogP contribution in [0.2, 0.25) is 5.02 Å². The van der Waals surface area contributed by atoms with Gasteiger partial charge in [-0.3, -0.25) is 4.79 Å². The lowest BCUT2D eigenvalue weighted by atomic mass is 10.2. The van der Waals surface area contributed by atoms with Crippen LogP contribution in [0.25, 0.3) is 0 Å². The first kappa shape index (κ1) is 23.6. The zero-order valence-electron chi connectivity index (χ0n) is 17.6. The van der Waals surface area contributed by atoms with Gasteiger partial charge in [-0.15, -0.1) is 0 Å². The van der Waals surface area contributed by atoms with Crippen LogP contribution >= 0.6 is 11.6 Å². The Kier molecular flexibility index (Phi) is 7.74. The van der Waals surface area contributed by atoms with Crippen molar-refractivity contribution in [3.05, 3.63) is 77.3 Å². The van der Waals surface area contributed by atoms with E-state index in [2.05, 4.69) is 10.0 Å². The average molecular weight is 475 g/mol. The number of methoxy groups -OCH3 is 1. The van der Waals surface area contributed by atoms with Crippen LogP contribution in [0, 0.1) is 0 Å². The molecule has 0 aliphatic heterocycles. The van der Waals surface area contributed by atoms with Crippen molar-refractivity contribution in [3.8, 4) is 17.2 Å². The summed E-state index contributed by atoms with van der Waals surface area (Å²) in [4.78, 5) is 12.8. The van der Waals surface area contributed by atoms with Crippen molar-refractivity contribution in [1.29, 1.82) is 0 Å². The van der Waals surface area contributed by atoms with Gasteiger partial charge in [0.15, 0.2) is 5.75 Å². The Balaban J connectivity index is 1.91. The molecule has 9 heteroatoms. The molecule has 0 fully saturated rings. The molecule has 7 nitrogen and oxygen atoms in total. The van der Waals surface area contributed by atoms with Gasteiger partial charge in [-0.2, -0.15) is 0 Å². The second-order valence-electron chi connectivity index (χ2n) is 6.77. The highest BCUT2D eigenvalue weighted by atomic mass is 35.5. The highest BCUT2D eigenvalue weighted by molar-refractivity contribution is 7.89. The molecule has 3 rings (SSSR count). The van der Waals surface area contributed by atoms with Gasteiger partial charge in [0.1, 0.15) is 16.4 Å². The first-order valence-corrected chi connectivity index (χ1v) is 11.7. The van der Waals surface area contributed by atoms with Crippen LogP contribution in [0.1, 0.15) is 23.7 Å². The minimum absolute atomic E-state index is 0.118. The third-order valence-electron chi connectivity index (χ3n) is 4.42. The Morgan fingerprint density at radius 3 is 2.41 bits per heavy atom. The number of sulfonamides is 1. The van der Waals surface area contributed by atoms with Gasteiger partial charge >= 0.3 is 0 Å². The summed E-state index contributed by atoms with van der Waals surface area (Å²) >= 11 is 6.11. The molecule has 0 bridgehead atoms. The minimum Gasteiger partial charge on any atom is -0.495 e. The smallest absolute Gasteiger partial charge is 0.255 e. The summed E-state index contributed by atoms with van der Waals surface area (Å²) in [5, 5.41) is 3.15. The SMILES string of the molecule is CCCNS(=O)(=O)c1cc(C(=O)Nc2cc(Cl)ccc2Oc2ccccc2)ccc1OC. The number of carbonyl (C=O) groups is 1. The van der Waals surface area contributed by atoms with E-state index in [1.54, 1.807) is 30.3 Å². The van der Waals surface area contributed by atoms with Gasteiger partial charge in [0.2, 0.25) is 10.0 Å². The lowest BCUT2D eigenvalue weighted by Gasteiger charge is -2.14. The maximum Gasteiger partial charge on any atom is 0.255 e. The molecule has 0 unspecified atom stereocenters. The van der Waals surface area contributed by atoms with Crippen LogP contribution in [0.3, 0.4) is 0 Å². The molecule has 0 spiro atoms. The molecule has 0 saturated carbocycles. The van der Waals surface area contributed by atoms with Crippen molar-refractivity contribution >= 4 is 33.2 Å². The molecule has 0 aliphatic carbocycles. The maximum absolute atomic E-state index is 13.0. The minimum atomic E-state index is -3.85. The van der Waals surface area contributed by atoms with Crippen LogP contribution in [0.15, 0.2) is 71.6 Å². The Morgan fingerprint density at radius 2 is 1.72 bits per heavy atom. The number of hydrogen-bond acceptors (Lipinski definition) is 5. The summed E-state index contributed by atoms with van der Waals surface area (Å²) in [5.41, 5.74) is 0.476. The highest BCUT2D eigenvalue weighted by Crippen LogP contribution is 2.33. The Morgan fingerprint density at radius 1 is 1.00 bits per heavy atom. The Bertz CT molecular complexity index is 1200. The van der Waals surface area contributed by atoms with E-state index in [-0.39, 0.29) is 22.8 Å². The molecule has 168 valence electrons. The van der Waals surface area contributed by atoms with E-state index in [9.17, 15) is 13.2 Å². The fourth-order valence-electron chi connectivity index (χ4n) is 2.84. The summed E-state index contributed by atoms with van der Waals surface area (Å²) in [6, 6.07) is 18.1. The molecule has 2 N–H and O–H groups in total. The van der Waals surface area contributed by atoms with Gasteiger partial charge in [-0.25, -0.2) is 13.1 Å². The third kappa shape index (κ3) is 5.79. The second kappa shape index (κ2) is 10.5. The van der Waals surface area contributed by atoms with E-state index in [1.165, 1.54) is 25.3 Å². The number of para-hydroxylation sites is 1. The topological polar surface area (TPSA) is 93.7 Å². The highest BCUT2D eigenvalue weighted by Gasteiger charge is 2.22. The average Bonchev–Trinajstić information content (AvgIpc) is 2.79. The van der Waals surface area contributed by atoms with Crippen LogP contribution in [0.4, 0.5) is 5.69 Å². The number of nitrogens with one attached hydrogen (secondary N) is 2. The molecule has 0 aromatic heterocycles. The van der Waals surface area contributed by atoms with Gasteiger partial charge in [-0.1, -0.05) is 36.7 Å². The largest absolute Gasteiger partial charge is 0.495 e. The maximum atomic E-state index is 13.0. The number of hydrogen-bond donors (Lipinski definition) is 2. The van der Waals surface area contributed by atoms with Gasteiger partial charge in [0, 0.05) is 17.1 Å². The van der Waals surface area contributed by atoms with Crippen LogP contribution in [-0.2, 0) is 10.0 Å². The number of halogens is 1. The second-order valence-corrected chi connectivity index (χ2v) is 8.94. The zero-order valence-corrected chi connectivity index (χ0v) is 19.2. The molecule has 1 amide bonds. The zero-order chi connectivity index (χ0) is 23.1. The van der Waals surface area contributed by atoms with E-state index >= 15 is 0 Å². The molecule has 32 heavy (non-hydrogen) atoms. The number of carbonyl (C=O) groups excluding carboxylic acids is 1. The van der Waals surface area contributed by atoms with Gasteiger partial charge in [0.05, 0.1) is 12.8 Å². The summed E-state index contributed by atoms with van der Waals surface area (Å²) in [6.07, 6.45) is 0.626. The predicted octanol–water partition coefficient (Wildman–Crippen LogP) is 5.08. The molecular weight excluding hydrogens is 452 g/mol. The standard InChI is InChI=1S/C23H23ClN2O5S/c1-3-13-25-32(28,29)22-14-16(9-11-21(22)30-2)23(27)26-19-15-17(24)10-12-20(19)31-18-7-5-4-6-8-18/h4-12,14-15,25H,3,13H2,1-2H3,(H,26,27). The predicted molar refractivity (Wildman–Crippen MR) is 124 cm³/mol. The lowest BCUT2D eigenvalue weighted by molar-refractivity contribution is 0.102. The Hall–Kier alpha value is -3.07. The number of benzene rings is 3. The molecule has 0 heterocycles. The van der Waals surface area contributed by atoms with Crippen molar-refractivity contribution in [2.45, 2.75) is 18.2 Å². The monoisotopic (exact) mass is 474 g/mol. The molecule has 3 aromatic carbocycles. The number of amides is 1. The quantitative estimate of drug-likeness (QED) is 0.451. The van der Waals surface area contributed by atoms with Crippen molar-refractivity contribution in [2.24, 2.45) is 0 Å². The number of anilines is 1. The van der Waals surface area contributed by atoms with Crippen LogP contribution in [0.5, 0.6) is 17.2 Å². The fraction of sp³-hybridized carbons (Fsp3) is 0.174. The molecule has 0 radical (unpaired) electrons. The van der Waals surface area contributed by atoms with Crippen molar-refractivity contribution in [1.82, 2.24) is 4.72 Å². The van der Waals surface area contributed by atoms with E-state index in [0.717, 1.165) is 0 Å². The van der Waals surface area contributed by atoms with Crippen molar-refractivity contribution in [3.63, 3.8) is 0 Å². The molecular formula is C23H23ClN2O5S. The lowest BCUT2D eigenvalue weighted by Crippen LogP contribution is -2.25. The van der Waals surface area contributed by atoms with Crippen LogP contribution < -0.4 is 19.5 Å². The van der Waals surface area contributed by atoms with Gasteiger partial charge in [0.25, 0.3) is 5.91 Å². The Labute approximate surface area is 192 Å². The third-order valence-corrected chi connectivity index (χ3v) is 6.14. The normalized spacial score (nSPS) is 11.1. The van der Waals surface area contributed by atoms with Crippen LogP contribution in [-0.4, -0.2) is 28.0 Å². The van der Waals surface area contributed by atoms with Crippen molar-refractivity contribution in [2.75, 3.05) is 19.0 Å². The molecule has 3 aromatic rings. The van der Waals surface area contributed by atoms with E-state index in [1.807, 2.05) is 25.1 Å². The summed E-state index contributed by atoms with van der Waals surface area (Å²) in [5.74, 6) is 0.589. The molecule has 0 saturated heterocycles. The first-order chi connectivity index (χ1) is 15.3. The van der Waals surface area contributed by atoms with E-state index in [4.69, 9.17) is 21.1 Å². The summed E-state index contributed by atoms with van der Waals surface area (Å²) in [7, 11) is -2.48. The van der Waals surface area contributed by atoms with Gasteiger partial charge < -0.3 is 14.8 Å². The van der Waals surface area contributed by atoms with E-state index in [0.29, 0.717) is 28.6 Å². The first-order valence-electron chi connectivity index (χ1n) is 9.85. The number of rotatable bonds is 9. The number of ether oxygens (including phenoxy) is 2. The summed E-state index contributed by atoms with van der Waals surface area (Å²) < 4.78 is 38.8. The fourth-order valence-corrected chi connectivity index (χ4v) is 4.34. The molecule has 0 aliphatic rings. The summed E-state index contributed by atoms with van der Waals surface area (Å²) in [6.45, 7) is 2.12. The molecule has 0 atom stereocenters. The van der Waals surface area contributed by atoms with Gasteiger partial charge in [-0.05, 0) is 55.0 Å².